The molecule has 0 aliphatic rings. The summed E-state index contributed by atoms with van der Waals surface area (Å²) < 4.78 is 7.89. The van der Waals surface area contributed by atoms with Gasteiger partial charge in [-0.05, 0) is 64.5 Å². The molecule has 0 spiro atoms. The van der Waals surface area contributed by atoms with Crippen molar-refractivity contribution in [2.45, 2.75) is 6.54 Å². The molecule has 2 nitrogen and oxygen atoms in total. The normalized spacial score (nSPS) is 10.8. The Bertz CT molecular complexity index is 828. The zero-order chi connectivity index (χ0) is 16.4. The predicted molar refractivity (Wildman–Crippen MR) is 103 cm³/mol. The van der Waals surface area contributed by atoms with E-state index >= 15 is 0 Å². The average molecular weight is 476 g/mol. The molecule has 0 saturated carbocycles. The third kappa shape index (κ3) is 4.32. The lowest BCUT2D eigenvalue weighted by Crippen LogP contribution is -1.97. The summed E-state index contributed by atoms with van der Waals surface area (Å²) in [6, 6.07) is 15.2. The minimum absolute atomic E-state index is 0.546. The number of halogens is 4. The van der Waals surface area contributed by atoms with Crippen LogP contribution in [0.15, 0.2) is 61.9 Å². The molecule has 1 heterocycles. The van der Waals surface area contributed by atoms with Crippen LogP contribution in [0, 0.1) is 0 Å². The second kappa shape index (κ2) is 7.31. The van der Waals surface area contributed by atoms with Crippen LogP contribution in [0.3, 0.4) is 0 Å². The van der Waals surface area contributed by atoms with E-state index in [9.17, 15) is 0 Å². The molecule has 0 fully saturated rings. The van der Waals surface area contributed by atoms with Gasteiger partial charge >= 0.3 is 0 Å². The number of anilines is 1. The molecule has 0 bridgehead atoms. The average Bonchev–Trinajstić information content (AvgIpc) is 2.93. The molecule has 0 radical (unpaired) electrons. The molecule has 2 aromatic carbocycles. The Labute approximate surface area is 161 Å². The van der Waals surface area contributed by atoms with Gasteiger partial charge in [0, 0.05) is 30.2 Å². The highest BCUT2D eigenvalue weighted by atomic mass is 79.9. The smallest absolute Gasteiger partial charge is 0.135 e. The van der Waals surface area contributed by atoms with E-state index in [1.165, 1.54) is 0 Å². The molecule has 3 aromatic rings. The third-order valence-electron chi connectivity index (χ3n) is 3.19. The quantitative estimate of drug-likeness (QED) is 0.425. The van der Waals surface area contributed by atoms with Crippen molar-refractivity contribution in [3.8, 4) is 11.3 Å². The molecule has 0 aliphatic carbocycles. The maximum Gasteiger partial charge on any atom is 0.135 e. The lowest BCUT2D eigenvalue weighted by atomic mass is 10.2. The van der Waals surface area contributed by atoms with Crippen molar-refractivity contribution in [2.75, 3.05) is 5.32 Å². The molecular formula is C17H11Br2Cl2NO. The van der Waals surface area contributed by atoms with Gasteiger partial charge in [0.25, 0.3) is 0 Å². The van der Waals surface area contributed by atoms with Crippen LogP contribution in [0.5, 0.6) is 0 Å². The predicted octanol–water partition coefficient (Wildman–Crippen LogP) is 7.39. The maximum absolute atomic E-state index is 5.99. The van der Waals surface area contributed by atoms with Crippen molar-refractivity contribution in [1.29, 1.82) is 0 Å². The van der Waals surface area contributed by atoms with Gasteiger partial charge < -0.3 is 9.73 Å². The molecule has 0 saturated heterocycles. The zero-order valence-electron chi connectivity index (χ0n) is 11.7. The Hall–Kier alpha value is -0.940. The number of hydrogen-bond acceptors (Lipinski definition) is 2. The van der Waals surface area contributed by atoms with E-state index in [0.717, 1.165) is 31.7 Å². The number of benzene rings is 2. The van der Waals surface area contributed by atoms with E-state index in [-0.39, 0.29) is 0 Å². The first-order valence-corrected chi connectivity index (χ1v) is 9.09. The van der Waals surface area contributed by atoms with Crippen LogP contribution < -0.4 is 5.32 Å². The van der Waals surface area contributed by atoms with Crippen molar-refractivity contribution in [1.82, 2.24) is 0 Å². The van der Waals surface area contributed by atoms with Crippen molar-refractivity contribution in [2.24, 2.45) is 0 Å². The summed E-state index contributed by atoms with van der Waals surface area (Å²) in [6.45, 7) is 0.546. The molecular weight excluding hydrogens is 465 g/mol. The fourth-order valence-electron chi connectivity index (χ4n) is 2.15. The lowest BCUT2D eigenvalue weighted by Gasteiger charge is -2.06. The number of nitrogens with one attached hydrogen (secondary N) is 1. The first-order chi connectivity index (χ1) is 11.0. The Morgan fingerprint density at radius 3 is 2.35 bits per heavy atom. The first kappa shape index (κ1) is 16.9. The minimum Gasteiger partial charge on any atom is -0.459 e. The van der Waals surface area contributed by atoms with E-state index < -0.39 is 0 Å². The topological polar surface area (TPSA) is 25.2 Å². The third-order valence-corrected chi connectivity index (χ3v) is 4.77. The summed E-state index contributed by atoms with van der Waals surface area (Å²) in [5.74, 6) is 1.64. The first-order valence-electron chi connectivity index (χ1n) is 6.75. The molecule has 3 rings (SSSR count). The molecule has 118 valence electrons. The van der Waals surface area contributed by atoms with Crippen molar-refractivity contribution in [3.63, 3.8) is 0 Å². The van der Waals surface area contributed by atoms with Crippen LogP contribution in [-0.4, -0.2) is 0 Å². The number of rotatable bonds is 4. The molecule has 0 aliphatic heterocycles. The Balaban J connectivity index is 1.74. The Morgan fingerprint density at radius 1 is 0.913 bits per heavy atom. The van der Waals surface area contributed by atoms with E-state index in [4.69, 9.17) is 27.6 Å². The van der Waals surface area contributed by atoms with Gasteiger partial charge in [-0.2, -0.15) is 0 Å². The van der Waals surface area contributed by atoms with Crippen LogP contribution in [0.1, 0.15) is 5.76 Å². The van der Waals surface area contributed by atoms with Gasteiger partial charge in [0.1, 0.15) is 11.5 Å². The molecule has 6 heteroatoms. The van der Waals surface area contributed by atoms with Crippen molar-refractivity contribution in [3.05, 3.63) is 73.3 Å². The Morgan fingerprint density at radius 2 is 1.65 bits per heavy atom. The molecule has 0 atom stereocenters. The van der Waals surface area contributed by atoms with Crippen LogP contribution in [0.2, 0.25) is 10.0 Å². The van der Waals surface area contributed by atoms with Crippen LogP contribution in [0.4, 0.5) is 5.69 Å². The number of furan rings is 1. The van der Waals surface area contributed by atoms with E-state index in [1.54, 1.807) is 6.07 Å². The monoisotopic (exact) mass is 473 g/mol. The fourth-order valence-corrected chi connectivity index (χ4v) is 3.92. The summed E-state index contributed by atoms with van der Waals surface area (Å²) in [5, 5.41) is 4.44. The second-order valence-electron chi connectivity index (χ2n) is 4.90. The van der Waals surface area contributed by atoms with E-state index in [2.05, 4.69) is 37.2 Å². The fraction of sp³-hybridized carbons (Fsp3) is 0.0588. The van der Waals surface area contributed by atoms with Gasteiger partial charge in [0.15, 0.2) is 0 Å². The molecule has 23 heavy (non-hydrogen) atoms. The van der Waals surface area contributed by atoms with E-state index in [0.29, 0.717) is 16.6 Å². The van der Waals surface area contributed by atoms with Gasteiger partial charge in [0.05, 0.1) is 6.54 Å². The van der Waals surface area contributed by atoms with Gasteiger partial charge in [-0.3, -0.25) is 0 Å². The Kier molecular flexibility index (Phi) is 5.37. The van der Waals surface area contributed by atoms with Gasteiger partial charge in [-0.1, -0.05) is 39.1 Å². The van der Waals surface area contributed by atoms with Gasteiger partial charge in [0.2, 0.25) is 0 Å². The van der Waals surface area contributed by atoms with E-state index in [1.807, 2.05) is 42.5 Å². The molecule has 1 N–H and O–H groups in total. The summed E-state index contributed by atoms with van der Waals surface area (Å²) in [4.78, 5) is 0. The maximum atomic E-state index is 5.99. The highest BCUT2D eigenvalue weighted by Gasteiger charge is 2.09. The summed E-state index contributed by atoms with van der Waals surface area (Å²) in [7, 11) is 0. The second-order valence-corrected chi connectivity index (χ2v) is 7.54. The molecule has 0 unspecified atom stereocenters. The summed E-state index contributed by atoms with van der Waals surface area (Å²) in [6.07, 6.45) is 0. The van der Waals surface area contributed by atoms with Crippen LogP contribution in [0.25, 0.3) is 11.3 Å². The summed E-state index contributed by atoms with van der Waals surface area (Å²) >= 11 is 19.0. The molecule has 1 aromatic heterocycles. The molecule has 0 amide bonds. The number of hydrogen-bond donors (Lipinski definition) is 1. The highest BCUT2D eigenvalue weighted by molar-refractivity contribution is 9.11. The zero-order valence-corrected chi connectivity index (χ0v) is 16.4. The van der Waals surface area contributed by atoms with Crippen molar-refractivity contribution >= 4 is 60.7 Å². The van der Waals surface area contributed by atoms with Crippen molar-refractivity contribution < 1.29 is 4.42 Å². The highest BCUT2D eigenvalue weighted by Crippen LogP contribution is 2.32. The lowest BCUT2D eigenvalue weighted by molar-refractivity contribution is 0.531. The van der Waals surface area contributed by atoms with Gasteiger partial charge in [-0.25, -0.2) is 0 Å². The standard InChI is InChI=1S/C17H11Br2Cl2NO/c18-10-1-3-15(16(19)5-10)17-4-2-14(23-17)9-22-13-7-11(20)6-12(21)8-13/h1-8,22H,9H2. The van der Waals surface area contributed by atoms with Gasteiger partial charge in [-0.15, -0.1) is 0 Å². The van der Waals surface area contributed by atoms with Crippen LogP contribution in [-0.2, 0) is 6.54 Å². The summed E-state index contributed by atoms with van der Waals surface area (Å²) in [5.41, 5.74) is 1.86. The van der Waals surface area contributed by atoms with Crippen LogP contribution >= 0.6 is 55.1 Å². The minimum atomic E-state index is 0.546. The SMILES string of the molecule is Clc1cc(Cl)cc(NCc2ccc(-c3ccc(Br)cc3Br)o2)c1. The largest absolute Gasteiger partial charge is 0.459 e.